The van der Waals surface area contributed by atoms with Crippen molar-refractivity contribution in [2.45, 2.75) is 92.8 Å². The lowest BCUT2D eigenvalue weighted by Crippen LogP contribution is -2.32. The number of nitrogens with two attached hydrogens (primary N) is 2. The number of hydrogen-bond acceptors (Lipinski definition) is 18. The molecule has 0 spiro atoms. The summed E-state index contributed by atoms with van der Waals surface area (Å²) in [4.78, 5) is 18.7. The Labute approximate surface area is 430 Å². The number of anilines is 8. The number of rotatable bonds is 18. The molecular formula is C51H63N11O8S3. The van der Waals surface area contributed by atoms with Crippen LogP contribution in [0.15, 0.2) is 98.0 Å². The van der Waals surface area contributed by atoms with E-state index in [-0.39, 0.29) is 15.7 Å². The van der Waals surface area contributed by atoms with E-state index in [0.29, 0.717) is 96.0 Å². The average Bonchev–Trinajstić information content (AvgIpc) is 3.37. The van der Waals surface area contributed by atoms with Crippen molar-refractivity contribution in [2.75, 3.05) is 72.3 Å². The highest BCUT2D eigenvalue weighted by atomic mass is 32.2. The lowest BCUT2D eigenvalue weighted by atomic mass is 10.0. The summed E-state index contributed by atoms with van der Waals surface area (Å²) in [6, 6.07) is 19.9. The SMILES string of the molecule is CCN(CC)c1cc(Nc2nc(Nc3cc(N(CC)CC)c(OC)cc3N=Nc3ccc(S(=O)(=O)O)c4c3=CCCC=4)nc(SC3CCCCC3)n2)c(N)cc1OC.Nc1ccc(S(=O)(=O)O)c2ccccc12. The standard InChI is InChI=1S/C41H54N10O5S2.C10H9NO3S/c1-7-50(8-2)34-23-31(29(42)22-36(34)55-5)43-39-45-40(47-41(46-39)57-26-16-12-11-13-17-26)44-32-24-35(51(9-3)10-4)37(56-6)25-33(32)49-48-30-20-21-38(58(52,53)54)28-19-15-14-18-27(28)30;11-9-5-6-10(15(12,13)14)8-4-2-1-3-7(8)9/h18-26H,7-17,42H2,1-6H3,(H,52,53,54)(H2,43,44,45,46,47);1-6H,11H2,(H,12,13,14). The molecule has 8 N–H and O–H groups in total. The van der Waals surface area contributed by atoms with Crippen molar-refractivity contribution in [3.05, 3.63) is 83.2 Å². The number of benzene rings is 5. The van der Waals surface area contributed by atoms with Crippen LogP contribution < -0.4 is 51.8 Å². The van der Waals surface area contributed by atoms with Crippen molar-refractivity contribution in [3.8, 4) is 11.5 Å². The quantitative estimate of drug-likeness (QED) is 0.0265. The van der Waals surface area contributed by atoms with Crippen LogP contribution in [0.4, 0.5) is 57.4 Å². The fourth-order valence-electron chi connectivity index (χ4n) is 8.90. The maximum Gasteiger partial charge on any atom is 0.295 e. The zero-order valence-corrected chi connectivity index (χ0v) is 44.2. The average molecular weight is 1050 g/mol. The van der Waals surface area contributed by atoms with Crippen LogP contribution in [0.3, 0.4) is 0 Å². The van der Waals surface area contributed by atoms with E-state index in [0.717, 1.165) is 50.4 Å². The van der Waals surface area contributed by atoms with Crippen molar-refractivity contribution in [2.24, 2.45) is 10.2 Å². The lowest BCUT2D eigenvalue weighted by Gasteiger charge is -2.25. The van der Waals surface area contributed by atoms with E-state index >= 15 is 0 Å². The number of nitrogens with one attached hydrogen (secondary N) is 2. The molecule has 0 unspecified atom stereocenters. The Morgan fingerprint density at radius 3 is 1.77 bits per heavy atom. The van der Waals surface area contributed by atoms with Crippen LogP contribution in [0.2, 0.25) is 0 Å². The van der Waals surface area contributed by atoms with Gasteiger partial charge in [0.1, 0.15) is 27.0 Å². The topological polar surface area (TPSA) is 273 Å². The molecule has 1 aromatic heterocycles. The largest absolute Gasteiger partial charge is 0.495 e. The van der Waals surface area contributed by atoms with Crippen molar-refractivity contribution in [1.82, 2.24) is 15.0 Å². The summed E-state index contributed by atoms with van der Waals surface area (Å²) in [5.41, 5.74) is 17.0. The van der Waals surface area contributed by atoms with Gasteiger partial charge in [0, 0.05) is 70.5 Å². The minimum atomic E-state index is -4.44. The Kier molecular flexibility index (Phi) is 17.7. The smallest absolute Gasteiger partial charge is 0.295 e. The van der Waals surface area contributed by atoms with Crippen LogP contribution in [-0.2, 0) is 20.2 Å². The Balaban J connectivity index is 0.000000442. The van der Waals surface area contributed by atoms with Crippen molar-refractivity contribution in [3.63, 3.8) is 0 Å². The summed E-state index contributed by atoms with van der Waals surface area (Å²) >= 11 is 1.65. The lowest BCUT2D eigenvalue weighted by molar-refractivity contribution is 0.414. The highest BCUT2D eigenvalue weighted by molar-refractivity contribution is 7.99. The van der Waals surface area contributed by atoms with Crippen LogP contribution in [0.25, 0.3) is 22.9 Å². The molecule has 388 valence electrons. The Hall–Kier alpha value is -6.72. The summed E-state index contributed by atoms with van der Waals surface area (Å²) < 4.78 is 77.0. The summed E-state index contributed by atoms with van der Waals surface area (Å²) in [6.45, 7) is 11.4. The van der Waals surface area contributed by atoms with Gasteiger partial charge in [0.15, 0.2) is 5.16 Å². The predicted molar refractivity (Wildman–Crippen MR) is 293 cm³/mol. The molecule has 0 atom stereocenters. The van der Waals surface area contributed by atoms with Gasteiger partial charge < -0.3 is 41.4 Å². The number of fused-ring (bicyclic) bond motifs is 2. The van der Waals surface area contributed by atoms with Crippen LogP contribution in [-0.4, -0.2) is 86.5 Å². The number of aromatic nitrogens is 3. The van der Waals surface area contributed by atoms with Gasteiger partial charge >= 0.3 is 0 Å². The molecule has 0 saturated heterocycles. The van der Waals surface area contributed by atoms with Gasteiger partial charge in [-0.1, -0.05) is 67.4 Å². The number of hydrogen-bond donors (Lipinski definition) is 6. The molecule has 0 aliphatic heterocycles. The second kappa shape index (κ2) is 23.9. The molecule has 1 fully saturated rings. The molecular weight excluding hydrogens is 991 g/mol. The third-order valence-corrected chi connectivity index (χ3v) is 15.6. The zero-order valence-electron chi connectivity index (χ0n) is 41.8. The number of ether oxygens (including phenoxy) is 2. The maximum absolute atomic E-state index is 12.2. The van der Waals surface area contributed by atoms with E-state index in [1.807, 2.05) is 18.2 Å². The highest BCUT2D eigenvalue weighted by Crippen LogP contribution is 2.42. The first kappa shape index (κ1) is 54.1. The number of azo groups is 1. The fourth-order valence-corrected chi connectivity index (χ4v) is 11.5. The van der Waals surface area contributed by atoms with Gasteiger partial charge in [-0.15, -0.1) is 10.2 Å². The van der Waals surface area contributed by atoms with Gasteiger partial charge in [-0.3, -0.25) is 9.11 Å². The molecule has 5 aromatic carbocycles. The van der Waals surface area contributed by atoms with Crippen molar-refractivity contribution in [1.29, 1.82) is 0 Å². The Morgan fingerprint density at radius 1 is 0.644 bits per heavy atom. The zero-order chi connectivity index (χ0) is 52.5. The molecule has 8 rings (SSSR count). The molecule has 1 heterocycles. The Morgan fingerprint density at radius 2 is 1.18 bits per heavy atom. The monoisotopic (exact) mass is 1050 g/mol. The Bertz CT molecular complexity index is 3350. The van der Waals surface area contributed by atoms with Gasteiger partial charge in [0.2, 0.25) is 11.9 Å². The third-order valence-electron chi connectivity index (χ3n) is 12.6. The van der Waals surface area contributed by atoms with E-state index in [9.17, 15) is 21.4 Å². The predicted octanol–water partition coefficient (Wildman–Crippen LogP) is 9.76. The molecule has 73 heavy (non-hydrogen) atoms. The molecule has 1 saturated carbocycles. The van der Waals surface area contributed by atoms with E-state index in [4.69, 9.17) is 45.6 Å². The number of nitrogens with zero attached hydrogens (tertiary/aromatic N) is 7. The number of nitrogen functional groups attached to an aromatic ring is 2. The molecule has 0 amide bonds. The molecule has 0 radical (unpaired) electrons. The summed E-state index contributed by atoms with van der Waals surface area (Å²) in [7, 11) is -5.40. The highest BCUT2D eigenvalue weighted by Gasteiger charge is 2.22. The fraction of sp³-hybridized carbons (Fsp3) is 0.353. The van der Waals surface area contributed by atoms with Crippen LogP contribution >= 0.6 is 11.8 Å². The van der Waals surface area contributed by atoms with Crippen molar-refractivity contribution >= 4 is 112 Å². The third kappa shape index (κ3) is 12.9. The van der Waals surface area contributed by atoms with Gasteiger partial charge in [-0.05, 0) is 89.8 Å². The van der Waals surface area contributed by atoms with Crippen LogP contribution in [0.5, 0.6) is 11.5 Å². The second-order valence-corrected chi connectivity index (χ2v) is 21.2. The first-order valence-electron chi connectivity index (χ1n) is 24.1. The summed E-state index contributed by atoms with van der Waals surface area (Å²) in [6.07, 6.45) is 10.8. The first-order chi connectivity index (χ1) is 35.0. The van der Waals surface area contributed by atoms with Crippen LogP contribution in [0.1, 0.15) is 72.6 Å². The van der Waals surface area contributed by atoms with E-state index in [2.05, 4.69) is 53.2 Å². The van der Waals surface area contributed by atoms with Gasteiger partial charge in [0.25, 0.3) is 20.2 Å². The van der Waals surface area contributed by atoms with Gasteiger partial charge in [0.05, 0.1) is 48.3 Å². The minimum absolute atomic E-state index is 0.118. The molecule has 22 heteroatoms. The normalized spacial score (nSPS) is 13.8. The second-order valence-electron chi connectivity index (χ2n) is 17.1. The van der Waals surface area contributed by atoms with Crippen LogP contribution in [0, 0.1) is 0 Å². The first-order valence-corrected chi connectivity index (χ1v) is 27.9. The molecule has 2 aliphatic carbocycles. The molecule has 6 aromatic rings. The number of methoxy groups -OCH3 is 2. The maximum atomic E-state index is 12.2. The van der Waals surface area contributed by atoms with Crippen molar-refractivity contribution < 1.29 is 35.4 Å². The molecule has 2 aliphatic rings. The van der Waals surface area contributed by atoms with E-state index in [1.165, 1.54) is 37.5 Å². The van der Waals surface area contributed by atoms with E-state index < -0.39 is 20.2 Å². The minimum Gasteiger partial charge on any atom is -0.495 e. The molecule has 19 nitrogen and oxygen atoms in total. The van der Waals surface area contributed by atoms with Gasteiger partial charge in [-0.2, -0.15) is 31.8 Å². The van der Waals surface area contributed by atoms with E-state index in [1.54, 1.807) is 74.5 Å². The molecule has 0 bridgehead atoms. The van der Waals surface area contributed by atoms with Gasteiger partial charge in [-0.25, -0.2) is 0 Å². The number of thioether (sulfide) groups is 1. The summed E-state index contributed by atoms with van der Waals surface area (Å²) in [5.74, 6) is 1.87. The summed E-state index contributed by atoms with van der Waals surface area (Å²) in [5, 5.41) is 19.1.